The van der Waals surface area contributed by atoms with Gasteiger partial charge in [-0.2, -0.15) is 0 Å². The van der Waals surface area contributed by atoms with E-state index in [-0.39, 0.29) is 0 Å². The lowest BCUT2D eigenvalue weighted by Gasteiger charge is -2.29. The Balaban J connectivity index is 1.84. The molecule has 2 aromatic carbocycles. The second kappa shape index (κ2) is 6.60. The lowest BCUT2D eigenvalue weighted by molar-refractivity contribution is 0.122. The number of nitrogens with one attached hydrogen (secondary N) is 1. The van der Waals surface area contributed by atoms with Crippen molar-refractivity contribution in [3.05, 3.63) is 54.1 Å². The highest BCUT2D eigenvalue weighted by molar-refractivity contribution is 7.92. The third-order valence-corrected chi connectivity index (χ3v) is 5.40. The molecule has 3 rings (SSSR count). The van der Waals surface area contributed by atoms with Gasteiger partial charge in [0.2, 0.25) is 0 Å². The number of hydrogen-bond donors (Lipinski definition) is 1. The number of hydrogen-bond acceptors (Lipinski definition) is 4. The van der Waals surface area contributed by atoms with Crippen LogP contribution in [0.2, 0.25) is 0 Å². The number of sulfonamides is 1. The van der Waals surface area contributed by atoms with Gasteiger partial charge in [-0.05, 0) is 36.8 Å². The molecule has 5 nitrogen and oxygen atoms in total. The average Bonchev–Trinajstić information content (AvgIpc) is 2.56. The van der Waals surface area contributed by atoms with Crippen LogP contribution >= 0.6 is 0 Å². The third kappa shape index (κ3) is 3.65. The summed E-state index contributed by atoms with van der Waals surface area (Å²) >= 11 is 0. The van der Waals surface area contributed by atoms with Crippen LogP contribution in [0.5, 0.6) is 0 Å². The minimum Gasteiger partial charge on any atom is -0.378 e. The van der Waals surface area contributed by atoms with Crippen molar-refractivity contribution < 1.29 is 13.2 Å². The highest BCUT2D eigenvalue weighted by Crippen LogP contribution is 2.23. The molecule has 0 saturated carbocycles. The minimum absolute atomic E-state index is 0.303. The van der Waals surface area contributed by atoms with Crippen molar-refractivity contribution in [1.82, 2.24) is 0 Å². The first-order valence-electron chi connectivity index (χ1n) is 7.57. The topological polar surface area (TPSA) is 58.6 Å². The van der Waals surface area contributed by atoms with E-state index in [1.165, 1.54) is 0 Å². The van der Waals surface area contributed by atoms with Gasteiger partial charge in [0.25, 0.3) is 10.0 Å². The van der Waals surface area contributed by atoms with Gasteiger partial charge in [0.1, 0.15) is 0 Å². The second-order valence-electron chi connectivity index (χ2n) is 5.52. The van der Waals surface area contributed by atoms with Crippen LogP contribution in [0, 0.1) is 6.92 Å². The molecule has 6 heteroatoms. The second-order valence-corrected chi connectivity index (χ2v) is 7.17. The van der Waals surface area contributed by atoms with Crippen LogP contribution in [0.1, 0.15) is 5.56 Å². The lowest BCUT2D eigenvalue weighted by Crippen LogP contribution is -2.36. The van der Waals surface area contributed by atoms with E-state index < -0.39 is 10.0 Å². The minimum atomic E-state index is -3.58. The summed E-state index contributed by atoms with van der Waals surface area (Å²) in [4.78, 5) is 2.49. The number of nitrogens with zero attached hydrogens (tertiary/aromatic N) is 1. The van der Waals surface area contributed by atoms with E-state index in [2.05, 4.69) is 9.62 Å². The van der Waals surface area contributed by atoms with E-state index in [4.69, 9.17) is 4.74 Å². The highest BCUT2D eigenvalue weighted by Gasteiger charge is 2.17. The molecule has 1 heterocycles. The Bertz CT molecular complexity index is 784. The van der Waals surface area contributed by atoms with E-state index in [0.29, 0.717) is 23.8 Å². The molecule has 1 aliphatic heterocycles. The first-order valence-corrected chi connectivity index (χ1v) is 9.06. The van der Waals surface area contributed by atoms with E-state index in [9.17, 15) is 8.42 Å². The van der Waals surface area contributed by atoms with Gasteiger partial charge in [0, 0.05) is 18.8 Å². The molecule has 2 aromatic rings. The average molecular weight is 332 g/mol. The summed E-state index contributed by atoms with van der Waals surface area (Å²) in [6, 6.07) is 14.4. The fourth-order valence-electron chi connectivity index (χ4n) is 2.66. The summed E-state index contributed by atoms with van der Waals surface area (Å²) in [6.45, 7) is 4.80. The molecule has 1 N–H and O–H groups in total. The monoisotopic (exact) mass is 332 g/mol. The van der Waals surface area contributed by atoms with Crippen LogP contribution in [-0.2, 0) is 14.8 Å². The molecule has 1 fully saturated rings. The number of benzene rings is 2. The Kier molecular flexibility index (Phi) is 4.54. The summed E-state index contributed by atoms with van der Waals surface area (Å²) < 4.78 is 33.1. The van der Waals surface area contributed by atoms with Crippen molar-refractivity contribution in [1.29, 1.82) is 0 Å². The van der Waals surface area contributed by atoms with E-state index in [1.807, 2.05) is 24.3 Å². The SMILES string of the molecule is Cc1ccccc1S(=O)(=O)Nc1cccc(N2CCOCC2)c1. The maximum absolute atomic E-state index is 12.6. The van der Waals surface area contributed by atoms with E-state index >= 15 is 0 Å². The van der Waals surface area contributed by atoms with Crippen molar-refractivity contribution in [3.8, 4) is 0 Å². The van der Waals surface area contributed by atoms with Gasteiger partial charge in [-0.3, -0.25) is 4.72 Å². The third-order valence-electron chi connectivity index (χ3n) is 3.86. The van der Waals surface area contributed by atoms with Gasteiger partial charge in [-0.25, -0.2) is 8.42 Å². The quantitative estimate of drug-likeness (QED) is 0.935. The molecular formula is C17H20N2O3S. The molecule has 23 heavy (non-hydrogen) atoms. The molecule has 1 saturated heterocycles. The van der Waals surface area contributed by atoms with Crippen LogP contribution in [0.15, 0.2) is 53.4 Å². The van der Waals surface area contributed by atoms with Gasteiger partial charge < -0.3 is 9.64 Å². The normalized spacial score (nSPS) is 15.4. The van der Waals surface area contributed by atoms with Gasteiger partial charge in [-0.15, -0.1) is 0 Å². The molecule has 0 bridgehead atoms. The molecule has 0 radical (unpaired) electrons. The maximum Gasteiger partial charge on any atom is 0.262 e. The molecule has 0 unspecified atom stereocenters. The maximum atomic E-state index is 12.6. The molecule has 0 amide bonds. The largest absolute Gasteiger partial charge is 0.378 e. The summed E-state index contributed by atoms with van der Waals surface area (Å²) in [5, 5.41) is 0. The summed E-state index contributed by atoms with van der Waals surface area (Å²) in [5.41, 5.74) is 2.29. The van der Waals surface area contributed by atoms with Crippen LogP contribution < -0.4 is 9.62 Å². The predicted octanol–water partition coefficient (Wildman–Crippen LogP) is 2.63. The number of ether oxygens (including phenoxy) is 1. The zero-order valence-electron chi connectivity index (χ0n) is 13.0. The lowest BCUT2D eigenvalue weighted by atomic mass is 10.2. The number of aryl methyl sites for hydroxylation is 1. The standard InChI is InChI=1S/C17H20N2O3S/c1-14-5-2-3-8-17(14)23(20,21)18-15-6-4-7-16(13-15)19-9-11-22-12-10-19/h2-8,13,18H,9-12H2,1H3. The van der Waals surface area contributed by atoms with Gasteiger partial charge in [0.05, 0.1) is 23.8 Å². The Morgan fingerprint density at radius 2 is 1.78 bits per heavy atom. The fraction of sp³-hybridized carbons (Fsp3) is 0.294. The van der Waals surface area contributed by atoms with Crippen molar-refractivity contribution in [2.24, 2.45) is 0 Å². The number of anilines is 2. The summed E-state index contributed by atoms with van der Waals surface area (Å²) in [6.07, 6.45) is 0. The number of rotatable bonds is 4. The number of morpholine rings is 1. The Hall–Kier alpha value is -2.05. The molecular weight excluding hydrogens is 312 g/mol. The van der Waals surface area contributed by atoms with Crippen molar-refractivity contribution in [2.45, 2.75) is 11.8 Å². The first-order chi connectivity index (χ1) is 11.1. The van der Waals surface area contributed by atoms with Crippen molar-refractivity contribution in [3.63, 3.8) is 0 Å². The Morgan fingerprint density at radius 3 is 2.52 bits per heavy atom. The molecule has 122 valence electrons. The summed E-state index contributed by atoms with van der Waals surface area (Å²) in [7, 11) is -3.58. The van der Waals surface area contributed by atoms with Crippen LogP contribution in [0.25, 0.3) is 0 Å². The van der Waals surface area contributed by atoms with Crippen LogP contribution in [-0.4, -0.2) is 34.7 Å². The van der Waals surface area contributed by atoms with E-state index in [0.717, 1.165) is 24.3 Å². The molecule has 0 atom stereocenters. The van der Waals surface area contributed by atoms with Crippen molar-refractivity contribution >= 4 is 21.4 Å². The Labute approximate surface area is 136 Å². The van der Waals surface area contributed by atoms with Crippen LogP contribution in [0.3, 0.4) is 0 Å². The smallest absolute Gasteiger partial charge is 0.262 e. The Morgan fingerprint density at radius 1 is 1.04 bits per heavy atom. The van der Waals surface area contributed by atoms with Gasteiger partial charge >= 0.3 is 0 Å². The van der Waals surface area contributed by atoms with Gasteiger partial charge in [0.15, 0.2) is 0 Å². The summed E-state index contributed by atoms with van der Waals surface area (Å²) in [5.74, 6) is 0. The molecule has 0 aliphatic carbocycles. The highest BCUT2D eigenvalue weighted by atomic mass is 32.2. The molecule has 0 aromatic heterocycles. The van der Waals surface area contributed by atoms with Crippen LogP contribution in [0.4, 0.5) is 11.4 Å². The van der Waals surface area contributed by atoms with E-state index in [1.54, 1.807) is 31.2 Å². The van der Waals surface area contributed by atoms with Crippen molar-refractivity contribution in [2.75, 3.05) is 35.9 Å². The predicted molar refractivity (Wildman–Crippen MR) is 91.5 cm³/mol. The fourth-order valence-corrected chi connectivity index (χ4v) is 3.95. The first kappa shape index (κ1) is 15.8. The molecule has 1 aliphatic rings. The zero-order chi connectivity index (χ0) is 16.3. The zero-order valence-corrected chi connectivity index (χ0v) is 13.8. The molecule has 0 spiro atoms. The van der Waals surface area contributed by atoms with Gasteiger partial charge in [-0.1, -0.05) is 24.3 Å².